The highest BCUT2D eigenvalue weighted by atomic mass is 16.5. The van der Waals surface area contributed by atoms with E-state index in [1.807, 2.05) is 37.3 Å². The summed E-state index contributed by atoms with van der Waals surface area (Å²) in [6.45, 7) is 6.96. The van der Waals surface area contributed by atoms with E-state index in [1.54, 1.807) is 24.2 Å². The van der Waals surface area contributed by atoms with E-state index in [0.717, 1.165) is 23.3 Å². The van der Waals surface area contributed by atoms with Crippen molar-refractivity contribution in [2.45, 2.75) is 13.3 Å². The van der Waals surface area contributed by atoms with Crippen LogP contribution in [0.1, 0.15) is 12.5 Å². The van der Waals surface area contributed by atoms with Gasteiger partial charge in [-0.3, -0.25) is 4.79 Å². The van der Waals surface area contributed by atoms with Crippen molar-refractivity contribution in [1.82, 2.24) is 0 Å². The molecule has 21 heavy (non-hydrogen) atoms. The van der Waals surface area contributed by atoms with Crippen LogP contribution in [0.3, 0.4) is 0 Å². The molecule has 110 valence electrons. The first-order valence-electron chi connectivity index (χ1n) is 7.09. The van der Waals surface area contributed by atoms with E-state index >= 15 is 0 Å². The summed E-state index contributed by atoms with van der Waals surface area (Å²) in [6.07, 6.45) is 6.31. The van der Waals surface area contributed by atoms with Crippen molar-refractivity contribution in [3.05, 3.63) is 65.8 Å². The minimum absolute atomic E-state index is 0.0349. The minimum Gasteiger partial charge on any atom is -0.384 e. The molecular formula is C18H21NO2. The van der Waals surface area contributed by atoms with Crippen LogP contribution < -0.4 is 4.90 Å². The van der Waals surface area contributed by atoms with Crippen molar-refractivity contribution < 1.29 is 9.53 Å². The van der Waals surface area contributed by atoms with Gasteiger partial charge in [-0.25, -0.2) is 0 Å². The van der Waals surface area contributed by atoms with Crippen LogP contribution in [-0.2, 0) is 16.0 Å². The molecule has 0 bridgehead atoms. The quantitative estimate of drug-likeness (QED) is 0.776. The number of rotatable bonds is 5. The molecule has 1 aliphatic heterocycles. The highest BCUT2D eigenvalue weighted by molar-refractivity contribution is 6.12. The molecule has 0 aromatic heterocycles. The molecule has 0 unspecified atom stereocenters. The van der Waals surface area contributed by atoms with E-state index in [0.29, 0.717) is 13.2 Å². The average molecular weight is 283 g/mol. The molecule has 3 heteroatoms. The first-order valence-corrected chi connectivity index (χ1v) is 7.09. The second-order valence-corrected chi connectivity index (χ2v) is 4.93. The Balaban J connectivity index is 2.21. The standard InChI is InChI=1S/C18H21NO2/c1-4-6-17-15(5-2)13-19(18(17)20)16-9-7-14(8-10-16)11-12-21-3/h4-10H,1,11-13H2,2-3H3/b15-5-,17-6+. The lowest BCUT2D eigenvalue weighted by Gasteiger charge is -2.15. The van der Waals surface area contributed by atoms with Crippen LogP contribution >= 0.6 is 0 Å². The van der Waals surface area contributed by atoms with Crippen LogP contribution in [-0.4, -0.2) is 26.2 Å². The lowest BCUT2D eigenvalue weighted by molar-refractivity contribution is -0.114. The van der Waals surface area contributed by atoms with Crippen molar-refractivity contribution in [2.75, 3.05) is 25.2 Å². The number of ether oxygens (including phenoxy) is 1. The largest absolute Gasteiger partial charge is 0.384 e. The molecule has 1 saturated heterocycles. The Morgan fingerprint density at radius 1 is 1.33 bits per heavy atom. The number of benzene rings is 1. The zero-order valence-electron chi connectivity index (χ0n) is 12.6. The summed E-state index contributed by atoms with van der Waals surface area (Å²) in [7, 11) is 1.70. The van der Waals surface area contributed by atoms with Gasteiger partial charge in [-0.05, 0) is 42.7 Å². The third-order valence-electron chi connectivity index (χ3n) is 3.63. The highest BCUT2D eigenvalue weighted by Gasteiger charge is 2.30. The van der Waals surface area contributed by atoms with E-state index in [2.05, 4.69) is 6.58 Å². The lowest BCUT2D eigenvalue weighted by atomic mass is 10.1. The van der Waals surface area contributed by atoms with Crippen molar-refractivity contribution in [2.24, 2.45) is 0 Å². The minimum atomic E-state index is 0.0349. The molecule has 1 fully saturated rings. The van der Waals surface area contributed by atoms with Gasteiger partial charge in [0.05, 0.1) is 13.2 Å². The first-order chi connectivity index (χ1) is 10.2. The number of methoxy groups -OCH3 is 1. The van der Waals surface area contributed by atoms with Gasteiger partial charge in [0.25, 0.3) is 5.91 Å². The number of amides is 1. The lowest BCUT2D eigenvalue weighted by Crippen LogP contribution is -2.24. The van der Waals surface area contributed by atoms with E-state index in [9.17, 15) is 4.79 Å². The molecule has 2 rings (SSSR count). The summed E-state index contributed by atoms with van der Waals surface area (Å²) in [4.78, 5) is 14.3. The van der Waals surface area contributed by atoms with E-state index in [4.69, 9.17) is 4.74 Å². The second-order valence-electron chi connectivity index (χ2n) is 4.93. The molecule has 1 aromatic carbocycles. The molecule has 0 radical (unpaired) electrons. The molecule has 1 aliphatic rings. The third kappa shape index (κ3) is 3.31. The molecule has 1 amide bonds. The number of carbonyl (C=O) groups is 1. The van der Waals surface area contributed by atoms with Gasteiger partial charge in [0.2, 0.25) is 0 Å². The fourth-order valence-electron chi connectivity index (χ4n) is 2.42. The summed E-state index contributed by atoms with van der Waals surface area (Å²) in [5.41, 5.74) is 3.91. The zero-order valence-corrected chi connectivity index (χ0v) is 12.6. The Hall–Kier alpha value is -2.13. The molecular weight excluding hydrogens is 262 g/mol. The van der Waals surface area contributed by atoms with E-state index < -0.39 is 0 Å². The summed E-state index contributed by atoms with van der Waals surface area (Å²) in [5, 5.41) is 0. The molecule has 0 N–H and O–H groups in total. The normalized spacial score (nSPS) is 18.8. The number of hydrogen-bond donors (Lipinski definition) is 0. The number of nitrogens with zero attached hydrogens (tertiary/aromatic N) is 1. The van der Waals surface area contributed by atoms with E-state index in [-0.39, 0.29) is 5.91 Å². The van der Waals surface area contributed by atoms with Gasteiger partial charge in [-0.15, -0.1) is 0 Å². The molecule has 0 aliphatic carbocycles. The van der Waals surface area contributed by atoms with Crippen LogP contribution in [0.2, 0.25) is 0 Å². The van der Waals surface area contributed by atoms with Gasteiger partial charge in [-0.1, -0.05) is 30.9 Å². The zero-order chi connectivity index (χ0) is 15.2. The Morgan fingerprint density at radius 2 is 2.05 bits per heavy atom. The number of carbonyl (C=O) groups excluding carboxylic acids is 1. The molecule has 0 saturated carbocycles. The summed E-state index contributed by atoms with van der Waals surface area (Å²) in [6, 6.07) is 8.08. The third-order valence-corrected chi connectivity index (χ3v) is 3.63. The fourth-order valence-corrected chi connectivity index (χ4v) is 2.42. The smallest absolute Gasteiger partial charge is 0.258 e. The predicted molar refractivity (Wildman–Crippen MR) is 86.4 cm³/mol. The van der Waals surface area contributed by atoms with Gasteiger partial charge in [0.1, 0.15) is 0 Å². The SMILES string of the molecule is C=C/C=C1/C(=O)N(c2ccc(CCOC)cc2)C/C1=C/C. The molecule has 0 atom stereocenters. The van der Waals surface area contributed by atoms with Crippen molar-refractivity contribution in [3.8, 4) is 0 Å². The topological polar surface area (TPSA) is 29.5 Å². The van der Waals surface area contributed by atoms with Crippen LogP contribution in [0.15, 0.2) is 60.2 Å². The second kappa shape index (κ2) is 7.04. The van der Waals surface area contributed by atoms with Crippen LogP contribution in [0.5, 0.6) is 0 Å². The Morgan fingerprint density at radius 3 is 2.62 bits per heavy atom. The molecule has 1 heterocycles. The maximum Gasteiger partial charge on any atom is 0.258 e. The molecule has 0 spiro atoms. The van der Waals surface area contributed by atoms with Gasteiger partial charge in [0, 0.05) is 18.4 Å². The fraction of sp³-hybridized carbons (Fsp3) is 0.278. The maximum atomic E-state index is 12.5. The Labute approximate surface area is 126 Å². The van der Waals surface area contributed by atoms with Gasteiger partial charge < -0.3 is 9.64 Å². The predicted octanol–water partition coefficient (Wildman–Crippen LogP) is 3.28. The summed E-state index contributed by atoms with van der Waals surface area (Å²) in [5.74, 6) is 0.0349. The van der Waals surface area contributed by atoms with Crippen molar-refractivity contribution in [1.29, 1.82) is 0 Å². The maximum absolute atomic E-state index is 12.5. The van der Waals surface area contributed by atoms with Gasteiger partial charge in [-0.2, -0.15) is 0 Å². The summed E-state index contributed by atoms with van der Waals surface area (Å²) >= 11 is 0. The number of hydrogen-bond acceptors (Lipinski definition) is 2. The highest BCUT2D eigenvalue weighted by Crippen LogP contribution is 2.29. The molecule has 3 nitrogen and oxygen atoms in total. The van der Waals surface area contributed by atoms with Crippen LogP contribution in [0.25, 0.3) is 0 Å². The Bertz CT molecular complexity index is 582. The number of anilines is 1. The first kappa shape index (κ1) is 15.3. The van der Waals surface area contributed by atoms with Gasteiger partial charge >= 0.3 is 0 Å². The van der Waals surface area contributed by atoms with Gasteiger partial charge in [0.15, 0.2) is 0 Å². The molecule has 1 aromatic rings. The average Bonchev–Trinajstić information content (AvgIpc) is 2.83. The van der Waals surface area contributed by atoms with Crippen LogP contribution in [0, 0.1) is 0 Å². The Kier molecular flexibility index (Phi) is 5.12. The number of allylic oxidation sites excluding steroid dienone is 3. The monoisotopic (exact) mass is 283 g/mol. The van der Waals surface area contributed by atoms with Crippen molar-refractivity contribution >= 4 is 11.6 Å². The van der Waals surface area contributed by atoms with Crippen LogP contribution in [0.4, 0.5) is 5.69 Å². The summed E-state index contributed by atoms with van der Waals surface area (Å²) < 4.78 is 5.07. The van der Waals surface area contributed by atoms with Crippen molar-refractivity contribution in [3.63, 3.8) is 0 Å². The van der Waals surface area contributed by atoms with E-state index in [1.165, 1.54) is 5.56 Å².